The molecular formula is C12H14Cl2OS. The molecule has 88 valence electrons. The van der Waals surface area contributed by atoms with Crippen LogP contribution in [0.5, 0.6) is 0 Å². The lowest BCUT2D eigenvalue weighted by Crippen LogP contribution is -2.29. The van der Waals surface area contributed by atoms with E-state index in [9.17, 15) is 0 Å². The van der Waals surface area contributed by atoms with Crippen molar-refractivity contribution in [2.24, 2.45) is 5.92 Å². The molecule has 1 aromatic rings. The molecule has 0 spiro atoms. The van der Waals surface area contributed by atoms with Crippen molar-refractivity contribution in [3.05, 3.63) is 33.8 Å². The molecule has 0 unspecified atom stereocenters. The highest BCUT2D eigenvalue weighted by atomic mass is 35.5. The number of rotatable bonds is 2. The van der Waals surface area contributed by atoms with Gasteiger partial charge in [0, 0.05) is 21.9 Å². The molecule has 1 aliphatic rings. The van der Waals surface area contributed by atoms with Gasteiger partial charge in [-0.3, -0.25) is 0 Å². The first kappa shape index (κ1) is 12.6. The Morgan fingerprint density at radius 3 is 2.94 bits per heavy atom. The summed E-state index contributed by atoms with van der Waals surface area (Å²) in [5, 5.41) is 1.89. The van der Waals surface area contributed by atoms with Gasteiger partial charge in [-0.05, 0) is 42.5 Å². The summed E-state index contributed by atoms with van der Waals surface area (Å²) in [5.74, 6) is 0.424. The molecule has 1 nitrogen and oxygen atoms in total. The first-order valence-electron chi connectivity index (χ1n) is 5.36. The van der Waals surface area contributed by atoms with Gasteiger partial charge in [-0.1, -0.05) is 23.2 Å². The lowest BCUT2D eigenvalue weighted by Gasteiger charge is -2.28. The third-order valence-electron chi connectivity index (χ3n) is 2.92. The molecule has 1 saturated heterocycles. The molecule has 1 aliphatic heterocycles. The monoisotopic (exact) mass is 276 g/mol. The van der Waals surface area contributed by atoms with Crippen LogP contribution in [-0.4, -0.2) is 18.5 Å². The molecule has 2 rings (SSSR count). The molecule has 0 saturated carbocycles. The van der Waals surface area contributed by atoms with E-state index in [1.807, 2.05) is 18.2 Å². The summed E-state index contributed by atoms with van der Waals surface area (Å²) >= 11 is 16.7. The number of hydrogen-bond donors (Lipinski definition) is 1. The van der Waals surface area contributed by atoms with Crippen molar-refractivity contribution < 1.29 is 4.74 Å². The fourth-order valence-electron chi connectivity index (χ4n) is 1.96. The summed E-state index contributed by atoms with van der Waals surface area (Å²) < 4.78 is 5.47. The highest BCUT2D eigenvalue weighted by Crippen LogP contribution is 2.28. The molecule has 0 aromatic heterocycles. The topological polar surface area (TPSA) is 9.23 Å². The standard InChI is InChI=1S/C12H14Cl2OS/c13-10-1-2-11(14)8(6-10)5-9-7-15-4-3-12(9)16/h1-2,6,9,12,16H,3-5,7H2/t9-,12+/m0/s1. The third-order valence-corrected chi connectivity index (χ3v) is 4.21. The quantitative estimate of drug-likeness (QED) is 0.807. The van der Waals surface area contributed by atoms with E-state index in [0.29, 0.717) is 11.2 Å². The molecule has 1 heterocycles. The zero-order chi connectivity index (χ0) is 11.5. The Morgan fingerprint density at radius 1 is 1.38 bits per heavy atom. The Morgan fingerprint density at radius 2 is 2.19 bits per heavy atom. The van der Waals surface area contributed by atoms with E-state index in [1.54, 1.807) is 0 Å². The minimum absolute atomic E-state index is 0.392. The predicted molar refractivity (Wildman–Crippen MR) is 71.9 cm³/mol. The van der Waals surface area contributed by atoms with Gasteiger partial charge in [0.2, 0.25) is 0 Å². The SMILES string of the molecule is S[C@@H]1CCOC[C@@H]1Cc1cc(Cl)ccc1Cl. The lowest BCUT2D eigenvalue weighted by molar-refractivity contribution is 0.0596. The summed E-state index contributed by atoms with van der Waals surface area (Å²) in [6, 6.07) is 5.58. The van der Waals surface area contributed by atoms with Crippen molar-refractivity contribution in [3.63, 3.8) is 0 Å². The van der Waals surface area contributed by atoms with Crippen molar-refractivity contribution >= 4 is 35.8 Å². The van der Waals surface area contributed by atoms with Gasteiger partial charge in [-0.15, -0.1) is 0 Å². The van der Waals surface area contributed by atoms with Crippen LogP contribution >= 0.6 is 35.8 Å². The van der Waals surface area contributed by atoms with E-state index in [0.717, 1.165) is 41.7 Å². The minimum atomic E-state index is 0.392. The normalized spacial score (nSPS) is 25.7. The molecule has 16 heavy (non-hydrogen) atoms. The van der Waals surface area contributed by atoms with Gasteiger partial charge in [0.15, 0.2) is 0 Å². The number of hydrogen-bond acceptors (Lipinski definition) is 2. The van der Waals surface area contributed by atoms with Crippen LogP contribution in [0.15, 0.2) is 18.2 Å². The van der Waals surface area contributed by atoms with E-state index in [4.69, 9.17) is 27.9 Å². The largest absolute Gasteiger partial charge is 0.381 e. The molecule has 1 aromatic carbocycles. The Hall–Kier alpha value is 0.110. The summed E-state index contributed by atoms with van der Waals surface area (Å²) in [7, 11) is 0. The van der Waals surface area contributed by atoms with E-state index in [-0.39, 0.29) is 0 Å². The van der Waals surface area contributed by atoms with Crippen molar-refractivity contribution in [1.29, 1.82) is 0 Å². The van der Waals surface area contributed by atoms with Crippen LogP contribution in [-0.2, 0) is 11.2 Å². The van der Waals surface area contributed by atoms with Crippen LogP contribution in [0.1, 0.15) is 12.0 Å². The smallest absolute Gasteiger partial charge is 0.0507 e. The second-order valence-electron chi connectivity index (χ2n) is 4.13. The molecule has 2 atom stereocenters. The van der Waals surface area contributed by atoms with E-state index >= 15 is 0 Å². The van der Waals surface area contributed by atoms with Gasteiger partial charge in [0.05, 0.1) is 6.61 Å². The average molecular weight is 277 g/mol. The zero-order valence-electron chi connectivity index (χ0n) is 8.83. The number of thiol groups is 1. The second kappa shape index (κ2) is 5.63. The van der Waals surface area contributed by atoms with Crippen LogP contribution in [0.4, 0.5) is 0 Å². The van der Waals surface area contributed by atoms with Gasteiger partial charge >= 0.3 is 0 Å². The molecule has 1 fully saturated rings. The average Bonchev–Trinajstić information content (AvgIpc) is 2.27. The first-order chi connectivity index (χ1) is 7.66. The molecule has 0 radical (unpaired) electrons. The first-order valence-corrected chi connectivity index (χ1v) is 6.64. The van der Waals surface area contributed by atoms with E-state index in [2.05, 4.69) is 12.6 Å². The summed E-state index contributed by atoms with van der Waals surface area (Å²) in [5.41, 5.74) is 1.09. The highest BCUT2D eigenvalue weighted by Gasteiger charge is 2.23. The van der Waals surface area contributed by atoms with Crippen molar-refractivity contribution in [1.82, 2.24) is 0 Å². The predicted octanol–water partition coefficient (Wildman–Crippen LogP) is 3.87. The van der Waals surface area contributed by atoms with Crippen molar-refractivity contribution in [3.8, 4) is 0 Å². The molecule has 0 N–H and O–H groups in total. The lowest BCUT2D eigenvalue weighted by atomic mass is 9.93. The maximum absolute atomic E-state index is 6.14. The van der Waals surface area contributed by atoms with Gasteiger partial charge in [0.25, 0.3) is 0 Å². The number of ether oxygens (including phenoxy) is 1. The van der Waals surface area contributed by atoms with Crippen LogP contribution < -0.4 is 0 Å². The fourth-order valence-corrected chi connectivity index (χ4v) is 2.65. The van der Waals surface area contributed by atoms with E-state index < -0.39 is 0 Å². The van der Waals surface area contributed by atoms with Crippen LogP contribution in [0.2, 0.25) is 10.0 Å². The summed E-state index contributed by atoms with van der Waals surface area (Å²) in [6.07, 6.45) is 1.89. The Labute approximate surface area is 111 Å². The maximum atomic E-state index is 6.14. The minimum Gasteiger partial charge on any atom is -0.381 e. The van der Waals surface area contributed by atoms with Crippen LogP contribution in [0, 0.1) is 5.92 Å². The molecular weight excluding hydrogens is 263 g/mol. The molecule has 4 heteroatoms. The molecule has 0 amide bonds. The highest BCUT2D eigenvalue weighted by molar-refractivity contribution is 7.81. The maximum Gasteiger partial charge on any atom is 0.0507 e. The number of halogens is 2. The van der Waals surface area contributed by atoms with Crippen LogP contribution in [0.25, 0.3) is 0 Å². The molecule has 0 bridgehead atoms. The summed E-state index contributed by atoms with van der Waals surface area (Å²) in [4.78, 5) is 0. The van der Waals surface area contributed by atoms with Gasteiger partial charge in [-0.25, -0.2) is 0 Å². The molecule has 0 aliphatic carbocycles. The number of benzene rings is 1. The Balaban J connectivity index is 2.10. The van der Waals surface area contributed by atoms with Gasteiger partial charge in [0.1, 0.15) is 0 Å². The van der Waals surface area contributed by atoms with Crippen molar-refractivity contribution in [2.75, 3.05) is 13.2 Å². The zero-order valence-corrected chi connectivity index (χ0v) is 11.2. The fraction of sp³-hybridized carbons (Fsp3) is 0.500. The van der Waals surface area contributed by atoms with Crippen molar-refractivity contribution in [2.45, 2.75) is 18.1 Å². The van der Waals surface area contributed by atoms with Crippen LogP contribution in [0.3, 0.4) is 0 Å². The Kier molecular flexibility index (Phi) is 4.42. The third kappa shape index (κ3) is 3.07. The van der Waals surface area contributed by atoms with E-state index in [1.165, 1.54) is 0 Å². The van der Waals surface area contributed by atoms with Gasteiger partial charge in [-0.2, -0.15) is 12.6 Å². The second-order valence-corrected chi connectivity index (χ2v) is 5.64. The summed E-state index contributed by atoms with van der Waals surface area (Å²) in [6.45, 7) is 1.57. The Bertz CT molecular complexity index is 370. The van der Waals surface area contributed by atoms with Gasteiger partial charge < -0.3 is 4.74 Å².